The van der Waals surface area contributed by atoms with Gasteiger partial charge in [-0.15, -0.1) is 16.4 Å². The van der Waals surface area contributed by atoms with Crippen LogP contribution in [-0.2, 0) is 9.59 Å². The molecule has 1 fully saturated rings. The van der Waals surface area contributed by atoms with Gasteiger partial charge in [0.2, 0.25) is 11.8 Å². The first-order chi connectivity index (χ1) is 13.4. The van der Waals surface area contributed by atoms with E-state index < -0.39 is 17.1 Å². The summed E-state index contributed by atoms with van der Waals surface area (Å²) in [5, 5.41) is 18.3. The van der Waals surface area contributed by atoms with E-state index in [4.69, 9.17) is 10.8 Å². The first-order valence-corrected chi connectivity index (χ1v) is 9.91. The molecule has 1 atom stereocenters. The molecular weight excluding hydrogens is 400 g/mol. The maximum absolute atomic E-state index is 12.6. The third kappa shape index (κ3) is 4.29. The van der Waals surface area contributed by atoms with Gasteiger partial charge in [-0.1, -0.05) is 17.8 Å². The molecule has 144 valence electrons. The molecule has 2 amide bonds. The van der Waals surface area contributed by atoms with Crippen LogP contribution < -0.4 is 10.6 Å². The van der Waals surface area contributed by atoms with Gasteiger partial charge in [-0.3, -0.25) is 9.59 Å². The van der Waals surface area contributed by atoms with Crippen molar-refractivity contribution >= 4 is 57.4 Å². The van der Waals surface area contributed by atoms with Gasteiger partial charge in [0, 0.05) is 6.42 Å². The standard InChI is InChI=1S/C18H16N4O4S2/c1-10(13-3-2-8-27-13)20-21-18(19)28-14-9-15(23)22(16(14)24)12-6-4-11(5-7-12)17(25)26/h2-8,14H,9H2,1H3,(H2,19,21)(H,25,26)/t14-/m0/s1. The topological polar surface area (TPSA) is 125 Å². The normalized spacial score (nSPS) is 18.0. The van der Waals surface area contributed by atoms with E-state index >= 15 is 0 Å². The molecule has 2 heterocycles. The third-order valence-electron chi connectivity index (χ3n) is 3.92. The highest BCUT2D eigenvalue weighted by Gasteiger charge is 2.40. The number of thiophene rings is 1. The number of carbonyl (C=O) groups excluding carboxylic acids is 2. The largest absolute Gasteiger partial charge is 0.478 e. The second-order valence-electron chi connectivity index (χ2n) is 5.83. The number of rotatable bonds is 5. The lowest BCUT2D eigenvalue weighted by Crippen LogP contribution is -2.31. The monoisotopic (exact) mass is 416 g/mol. The average molecular weight is 416 g/mol. The summed E-state index contributed by atoms with van der Waals surface area (Å²) in [6, 6.07) is 9.36. The number of carbonyl (C=O) groups is 3. The Bertz CT molecular complexity index is 968. The van der Waals surface area contributed by atoms with Crippen molar-refractivity contribution in [2.75, 3.05) is 4.90 Å². The van der Waals surface area contributed by atoms with E-state index in [2.05, 4.69) is 10.2 Å². The van der Waals surface area contributed by atoms with E-state index in [1.807, 2.05) is 17.5 Å². The summed E-state index contributed by atoms with van der Waals surface area (Å²) >= 11 is 2.51. The Morgan fingerprint density at radius 1 is 1.25 bits per heavy atom. The van der Waals surface area contributed by atoms with Crippen molar-refractivity contribution in [2.45, 2.75) is 18.6 Å². The summed E-state index contributed by atoms with van der Waals surface area (Å²) in [7, 11) is 0. The molecular formula is C18H16N4O4S2. The first-order valence-electron chi connectivity index (χ1n) is 8.15. The molecule has 1 aromatic carbocycles. The third-order valence-corrected chi connectivity index (χ3v) is 5.87. The molecule has 1 aromatic heterocycles. The minimum Gasteiger partial charge on any atom is -0.478 e. The van der Waals surface area contributed by atoms with Crippen molar-refractivity contribution in [2.24, 2.45) is 15.9 Å². The number of thioether (sulfide) groups is 1. The number of hydrogen-bond donors (Lipinski definition) is 2. The quantitative estimate of drug-likeness (QED) is 0.334. The summed E-state index contributed by atoms with van der Waals surface area (Å²) in [4.78, 5) is 37.8. The molecule has 3 N–H and O–H groups in total. The average Bonchev–Trinajstić information content (AvgIpc) is 3.29. The van der Waals surface area contributed by atoms with Crippen LogP contribution in [0, 0.1) is 0 Å². The van der Waals surface area contributed by atoms with Crippen LogP contribution in [0.3, 0.4) is 0 Å². The van der Waals surface area contributed by atoms with Gasteiger partial charge in [0.25, 0.3) is 0 Å². The number of carboxylic acid groups (broad SMARTS) is 1. The minimum atomic E-state index is -1.08. The van der Waals surface area contributed by atoms with Gasteiger partial charge in [-0.05, 0) is 42.6 Å². The predicted molar refractivity (Wildman–Crippen MR) is 110 cm³/mol. The van der Waals surface area contributed by atoms with E-state index in [1.54, 1.807) is 6.92 Å². The Labute approximate surface area is 168 Å². The molecule has 2 aromatic rings. The number of benzene rings is 1. The predicted octanol–water partition coefficient (Wildman–Crippen LogP) is 2.55. The molecule has 10 heteroatoms. The molecule has 0 unspecified atom stereocenters. The zero-order valence-electron chi connectivity index (χ0n) is 14.7. The van der Waals surface area contributed by atoms with Crippen LogP contribution in [0.5, 0.6) is 0 Å². The van der Waals surface area contributed by atoms with E-state index in [-0.39, 0.29) is 23.1 Å². The molecule has 1 aliphatic rings. The van der Waals surface area contributed by atoms with Crippen molar-refractivity contribution < 1.29 is 19.5 Å². The SMILES string of the molecule is CC(=NN=C(N)S[C@H]1CC(=O)N(c2ccc(C(=O)O)cc2)C1=O)c1cccs1. The number of hydrogen-bond acceptors (Lipinski definition) is 7. The Morgan fingerprint density at radius 2 is 1.96 bits per heavy atom. The van der Waals surface area contributed by atoms with Crippen LogP contribution >= 0.6 is 23.1 Å². The van der Waals surface area contributed by atoms with Gasteiger partial charge in [0.15, 0.2) is 5.17 Å². The van der Waals surface area contributed by atoms with Gasteiger partial charge in [-0.2, -0.15) is 5.10 Å². The summed E-state index contributed by atoms with van der Waals surface area (Å²) in [6.45, 7) is 1.81. The van der Waals surface area contributed by atoms with Crippen molar-refractivity contribution in [1.82, 2.24) is 0 Å². The highest BCUT2D eigenvalue weighted by molar-refractivity contribution is 8.14. The molecule has 0 aliphatic carbocycles. The Balaban J connectivity index is 1.70. The summed E-state index contributed by atoms with van der Waals surface area (Å²) in [5.41, 5.74) is 6.96. The van der Waals surface area contributed by atoms with Gasteiger partial charge in [-0.25, -0.2) is 9.69 Å². The number of aromatic carboxylic acids is 1. The summed E-state index contributed by atoms with van der Waals surface area (Å²) in [5.74, 6) is -1.88. The lowest BCUT2D eigenvalue weighted by molar-refractivity contribution is -0.121. The fourth-order valence-corrected chi connectivity index (χ4v) is 4.03. The van der Waals surface area contributed by atoms with Crippen LogP contribution in [0.1, 0.15) is 28.6 Å². The number of nitrogens with two attached hydrogens (primary N) is 1. The maximum atomic E-state index is 12.6. The lowest BCUT2D eigenvalue weighted by atomic mass is 10.2. The Kier molecular flexibility index (Phi) is 5.90. The molecule has 0 radical (unpaired) electrons. The molecule has 0 saturated carbocycles. The highest BCUT2D eigenvalue weighted by Crippen LogP contribution is 2.30. The molecule has 28 heavy (non-hydrogen) atoms. The van der Waals surface area contributed by atoms with Crippen LogP contribution in [-0.4, -0.2) is 39.0 Å². The summed E-state index contributed by atoms with van der Waals surface area (Å²) in [6.07, 6.45) is -0.0198. The molecule has 8 nitrogen and oxygen atoms in total. The van der Waals surface area contributed by atoms with Crippen LogP contribution in [0.2, 0.25) is 0 Å². The van der Waals surface area contributed by atoms with Gasteiger partial charge in [0.1, 0.15) is 5.25 Å². The number of amidine groups is 1. The lowest BCUT2D eigenvalue weighted by Gasteiger charge is -2.14. The first kappa shape index (κ1) is 19.8. The molecule has 1 saturated heterocycles. The molecule has 3 rings (SSSR count). The van der Waals surface area contributed by atoms with Crippen molar-refractivity contribution in [3.8, 4) is 0 Å². The van der Waals surface area contributed by atoms with Crippen molar-refractivity contribution in [3.63, 3.8) is 0 Å². The van der Waals surface area contributed by atoms with E-state index in [1.165, 1.54) is 35.6 Å². The molecule has 0 spiro atoms. The maximum Gasteiger partial charge on any atom is 0.335 e. The van der Waals surface area contributed by atoms with Crippen LogP contribution in [0.4, 0.5) is 5.69 Å². The Morgan fingerprint density at radius 3 is 2.57 bits per heavy atom. The highest BCUT2D eigenvalue weighted by atomic mass is 32.2. The van der Waals surface area contributed by atoms with Gasteiger partial charge in [0.05, 0.1) is 21.8 Å². The zero-order chi connectivity index (χ0) is 20.3. The van der Waals surface area contributed by atoms with E-state index in [0.29, 0.717) is 11.4 Å². The molecule has 0 bridgehead atoms. The number of nitrogens with zero attached hydrogens (tertiary/aromatic N) is 3. The molecule has 1 aliphatic heterocycles. The van der Waals surface area contributed by atoms with Crippen molar-refractivity contribution in [1.29, 1.82) is 0 Å². The number of carboxylic acids is 1. The van der Waals surface area contributed by atoms with Crippen LogP contribution in [0.15, 0.2) is 52.0 Å². The zero-order valence-corrected chi connectivity index (χ0v) is 16.4. The fourth-order valence-electron chi connectivity index (χ4n) is 2.55. The van der Waals surface area contributed by atoms with Gasteiger partial charge < -0.3 is 10.8 Å². The van der Waals surface area contributed by atoms with Gasteiger partial charge >= 0.3 is 5.97 Å². The summed E-state index contributed by atoms with van der Waals surface area (Å²) < 4.78 is 0. The second kappa shape index (κ2) is 8.36. The van der Waals surface area contributed by atoms with Crippen LogP contribution in [0.25, 0.3) is 0 Å². The fraction of sp³-hybridized carbons (Fsp3) is 0.167. The van der Waals surface area contributed by atoms with Crippen molar-refractivity contribution in [3.05, 3.63) is 52.2 Å². The number of anilines is 1. The number of amides is 2. The smallest absolute Gasteiger partial charge is 0.335 e. The Hall–Kier alpha value is -2.98. The number of imide groups is 1. The van der Waals surface area contributed by atoms with E-state index in [0.717, 1.165) is 21.5 Å². The van der Waals surface area contributed by atoms with E-state index in [9.17, 15) is 14.4 Å². The second-order valence-corrected chi connectivity index (χ2v) is 8.00. The minimum absolute atomic E-state index is 0.0198.